The minimum Gasteiger partial charge on any atom is -0.375 e. The Balaban J connectivity index is 1.71. The number of morpholine rings is 1. The fourth-order valence-corrected chi connectivity index (χ4v) is 4.11. The fourth-order valence-electron chi connectivity index (χ4n) is 4.11. The van der Waals surface area contributed by atoms with Crippen molar-refractivity contribution in [2.24, 2.45) is 11.7 Å². The van der Waals surface area contributed by atoms with E-state index in [0.29, 0.717) is 6.10 Å². The Morgan fingerprint density at radius 3 is 2.85 bits per heavy atom. The van der Waals surface area contributed by atoms with Gasteiger partial charge in [0.15, 0.2) is 0 Å². The highest BCUT2D eigenvalue weighted by atomic mass is 16.5. The van der Waals surface area contributed by atoms with E-state index in [1.54, 1.807) is 0 Å². The molecule has 2 rings (SSSR count). The van der Waals surface area contributed by atoms with Gasteiger partial charge in [-0.05, 0) is 51.1 Å². The summed E-state index contributed by atoms with van der Waals surface area (Å²) in [6.07, 6.45) is 12.5. The molecule has 1 saturated carbocycles. The van der Waals surface area contributed by atoms with Crippen LogP contribution in [-0.2, 0) is 4.74 Å². The number of nitrogens with two attached hydrogens (primary N) is 1. The van der Waals surface area contributed by atoms with Gasteiger partial charge in [0.2, 0.25) is 0 Å². The maximum atomic E-state index is 5.96. The topological polar surface area (TPSA) is 38.5 Å². The molecule has 2 N–H and O–H groups in total. The maximum absolute atomic E-state index is 5.96. The Hall–Kier alpha value is -0.120. The zero-order chi connectivity index (χ0) is 14.2. The van der Waals surface area contributed by atoms with E-state index in [-0.39, 0.29) is 0 Å². The van der Waals surface area contributed by atoms with Gasteiger partial charge >= 0.3 is 0 Å². The number of rotatable bonds is 8. The highest BCUT2D eigenvalue weighted by Gasteiger charge is 2.33. The molecule has 3 heteroatoms. The van der Waals surface area contributed by atoms with Crippen molar-refractivity contribution in [3.05, 3.63) is 0 Å². The maximum Gasteiger partial charge on any atom is 0.0730 e. The number of fused-ring (bicyclic) bond motifs is 1. The molecule has 1 saturated heterocycles. The van der Waals surface area contributed by atoms with Crippen LogP contribution in [0.4, 0.5) is 0 Å². The van der Waals surface area contributed by atoms with Crippen LogP contribution in [-0.4, -0.2) is 43.3 Å². The Kier molecular flexibility index (Phi) is 7.32. The Morgan fingerprint density at radius 1 is 1.20 bits per heavy atom. The van der Waals surface area contributed by atoms with Gasteiger partial charge in [0, 0.05) is 12.6 Å². The molecule has 0 amide bonds. The normalized spacial score (nSPS) is 29.1. The van der Waals surface area contributed by atoms with E-state index in [0.717, 1.165) is 31.7 Å². The molecule has 0 bridgehead atoms. The van der Waals surface area contributed by atoms with Gasteiger partial charge in [0.05, 0.1) is 12.7 Å². The smallest absolute Gasteiger partial charge is 0.0730 e. The molecule has 3 nitrogen and oxygen atoms in total. The first kappa shape index (κ1) is 16.3. The number of nitrogens with zero attached hydrogens (tertiary/aromatic N) is 1. The minimum atomic E-state index is 0.535. The SMILES string of the molecule is CCCC(CCN)CCCN1CCOC2CCCCC21. The van der Waals surface area contributed by atoms with Crippen LogP contribution in [0, 0.1) is 5.92 Å². The van der Waals surface area contributed by atoms with Gasteiger partial charge in [0.25, 0.3) is 0 Å². The van der Waals surface area contributed by atoms with Crippen molar-refractivity contribution >= 4 is 0 Å². The van der Waals surface area contributed by atoms with Crippen LogP contribution < -0.4 is 5.73 Å². The van der Waals surface area contributed by atoms with Gasteiger partial charge in [-0.1, -0.05) is 32.6 Å². The first-order valence-corrected chi connectivity index (χ1v) is 8.90. The molecule has 118 valence electrons. The summed E-state index contributed by atoms with van der Waals surface area (Å²) in [5.74, 6) is 0.855. The molecule has 3 unspecified atom stereocenters. The van der Waals surface area contributed by atoms with Crippen LogP contribution in [0.5, 0.6) is 0 Å². The standard InChI is InChI=1S/C17H34N2O/c1-2-6-15(10-11-18)7-5-12-19-13-14-20-17-9-4-3-8-16(17)19/h15-17H,2-14,18H2,1H3. The molecule has 0 radical (unpaired) electrons. The number of hydrogen-bond donors (Lipinski definition) is 1. The third kappa shape index (κ3) is 4.71. The van der Waals surface area contributed by atoms with Crippen LogP contribution in [0.25, 0.3) is 0 Å². The van der Waals surface area contributed by atoms with Crippen molar-refractivity contribution in [3.63, 3.8) is 0 Å². The molecule has 2 aliphatic rings. The lowest BCUT2D eigenvalue weighted by Gasteiger charge is -2.44. The summed E-state index contributed by atoms with van der Waals surface area (Å²) in [7, 11) is 0. The largest absolute Gasteiger partial charge is 0.375 e. The van der Waals surface area contributed by atoms with Gasteiger partial charge in [0.1, 0.15) is 0 Å². The van der Waals surface area contributed by atoms with Crippen molar-refractivity contribution in [2.45, 2.75) is 76.9 Å². The second-order valence-electron chi connectivity index (χ2n) is 6.67. The van der Waals surface area contributed by atoms with Crippen LogP contribution in [0.1, 0.15) is 64.7 Å². The van der Waals surface area contributed by atoms with Gasteiger partial charge in [-0.15, -0.1) is 0 Å². The molecule has 1 aliphatic heterocycles. The quantitative estimate of drug-likeness (QED) is 0.743. The van der Waals surface area contributed by atoms with E-state index in [9.17, 15) is 0 Å². The van der Waals surface area contributed by atoms with E-state index in [2.05, 4.69) is 11.8 Å². The summed E-state index contributed by atoms with van der Waals surface area (Å²) in [6.45, 7) is 6.51. The minimum absolute atomic E-state index is 0.535. The molecule has 1 aliphatic carbocycles. The molecule has 0 aromatic carbocycles. The Bertz CT molecular complexity index is 251. The van der Waals surface area contributed by atoms with Crippen LogP contribution in [0.15, 0.2) is 0 Å². The van der Waals surface area contributed by atoms with Crippen molar-refractivity contribution in [3.8, 4) is 0 Å². The van der Waals surface area contributed by atoms with E-state index < -0.39 is 0 Å². The van der Waals surface area contributed by atoms with E-state index in [4.69, 9.17) is 10.5 Å². The lowest BCUT2D eigenvalue weighted by atomic mass is 9.89. The average Bonchev–Trinajstić information content (AvgIpc) is 2.48. The molecular formula is C17H34N2O. The summed E-state index contributed by atoms with van der Waals surface area (Å²) >= 11 is 0. The third-order valence-electron chi connectivity index (χ3n) is 5.18. The molecule has 20 heavy (non-hydrogen) atoms. The molecule has 0 spiro atoms. The van der Waals surface area contributed by atoms with Gasteiger partial charge in [-0.25, -0.2) is 0 Å². The van der Waals surface area contributed by atoms with Crippen LogP contribution >= 0.6 is 0 Å². The van der Waals surface area contributed by atoms with Crippen molar-refractivity contribution < 1.29 is 4.74 Å². The summed E-state index contributed by atoms with van der Waals surface area (Å²) in [5, 5.41) is 0. The van der Waals surface area contributed by atoms with Gasteiger partial charge in [-0.2, -0.15) is 0 Å². The van der Waals surface area contributed by atoms with Crippen molar-refractivity contribution in [1.82, 2.24) is 4.90 Å². The molecule has 1 heterocycles. The van der Waals surface area contributed by atoms with Crippen LogP contribution in [0.2, 0.25) is 0 Å². The molecule has 3 atom stereocenters. The Labute approximate surface area is 125 Å². The second-order valence-corrected chi connectivity index (χ2v) is 6.67. The Morgan fingerprint density at radius 2 is 2.05 bits per heavy atom. The highest BCUT2D eigenvalue weighted by Crippen LogP contribution is 2.29. The zero-order valence-corrected chi connectivity index (χ0v) is 13.4. The number of hydrogen-bond acceptors (Lipinski definition) is 3. The van der Waals surface area contributed by atoms with E-state index in [1.807, 2.05) is 0 Å². The average molecular weight is 282 g/mol. The summed E-state index contributed by atoms with van der Waals surface area (Å²) in [4.78, 5) is 2.72. The first-order valence-electron chi connectivity index (χ1n) is 8.90. The highest BCUT2D eigenvalue weighted by molar-refractivity contribution is 4.87. The molecule has 2 fully saturated rings. The second kappa shape index (κ2) is 9.01. The molecule has 0 aromatic heterocycles. The van der Waals surface area contributed by atoms with Crippen molar-refractivity contribution in [1.29, 1.82) is 0 Å². The van der Waals surface area contributed by atoms with Crippen molar-refractivity contribution in [2.75, 3.05) is 26.2 Å². The third-order valence-corrected chi connectivity index (χ3v) is 5.18. The van der Waals surface area contributed by atoms with Gasteiger partial charge < -0.3 is 10.5 Å². The zero-order valence-electron chi connectivity index (χ0n) is 13.4. The fraction of sp³-hybridized carbons (Fsp3) is 1.00. The predicted molar refractivity (Wildman–Crippen MR) is 84.9 cm³/mol. The molecule has 0 aromatic rings. The number of ether oxygens (including phenoxy) is 1. The van der Waals surface area contributed by atoms with Gasteiger partial charge in [-0.3, -0.25) is 4.90 Å². The first-order chi connectivity index (χ1) is 9.85. The van der Waals surface area contributed by atoms with E-state index in [1.165, 1.54) is 64.3 Å². The summed E-state index contributed by atoms with van der Waals surface area (Å²) < 4.78 is 5.96. The monoisotopic (exact) mass is 282 g/mol. The summed E-state index contributed by atoms with van der Waals surface area (Å²) in [6, 6.07) is 0.719. The summed E-state index contributed by atoms with van der Waals surface area (Å²) in [5.41, 5.74) is 5.73. The molecular weight excluding hydrogens is 248 g/mol. The van der Waals surface area contributed by atoms with E-state index >= 15 is 0 Å². The lowest BCUT2D eigenvalue weighted by Crippen LogP contribution is -2.52. The lowest BCUT2D eigenvalue weighted by molar-refractivity contribution is -0.0884. The predicted octanol–water partition coefficient (Wildman–Crippen LogP) is 3.18. The van der Waals surface area contributed by atoms with Crippen LogP contribution in [0.3, 0.4) is 0 Å².